The van der Waals surface area contributed by atoms with E-state index in [1.165, 1.54) is 0 Å². The minimum Gasteiger partial charge on any atom is -0.359 e. The maximum absolute atomic E-state index is 5.37. The van der Waals surface area contributed by atoms with Crippen molar-refractivity contribution >= 4 is 11.0 Å². The molecule has 1 N–H and O–H groups in total. The highest BCUT2D eigenvalue weighted by Gasteiger charge is 2.12. The number of nitrogens with zero attached hydrogens (tertiary/aromatic N) is 4. The Hall–Kier alpha value is -2.21. The van der Waals surface area contributed by atoms with Crippen LogP contribution in [0.5, 0.6) is 0 Å². The van der Waals surface area contributed by atoms with Gasteiger partial charge in [-0.25, -0.2) is 4.68 Å². The van der Waals surface area contributed by atoms with Crippen molar-refractivity contribution in [2.75, 3.05) is 0 Å². The smallest absolute Gasteiger partial charge is 0.158 e. The molecule has 1 aromatic carbocycles. The van der Waals surface area contributed by atoms with Crippen LogP contribution in [0.25, 0.3) is 11.0 Å². The molecule has 0 aliphatic heterocycles. The van der Waals surface area contributed by atoms with Crippen LogP contribution in [0.2, 0.25) is 0 Å². The van der Waals surface area contributed by atoms with Gasteiger partial charge in [0.2, 0.25) is 0 Å². The Morgan fingerprint density at radius 1 is 1.24 bits per heavy atom. The molecule has 0 unspecified atom stereocenters. The second-order valence-corrected chi connectivity index (χ2v) is 6.12. The van der Waals surface area contributed by atoms with E-state index in [-0.39, 0.29) is 5.54 Å². The molecule has 0 amide bonds. The maximum atomic E-state index is 5.37. The number of fused-ring (bicyclic) bond motifs is 1. The molecule has 0 atom stereocenters. The zero-order valence-electron chi connectivity index (χ0n) is 12.5. The van der Waals surface area contributed by atoms with E-state index in [1.54, 1.807) is 0 Å². The summed E-state index contributed by atoms with van der Waals surface area (Å²) in [4.78, 5) is 0. The Morgan fingerprint density at radius 3 is 2.86 bits per heavy atom. The van der Waals surface area contributed by atoms with Gasteiger partial charge < -0.3 is 9.84 Å². The fraction of sp³-hybridized carbons (Fsp3) is 0.400. The van der Waals surface area contributed by atoms with E-state index in [0.717, 1.165) is 22.5 Å². The first-order chi connectivity index (χ1) is 10.0. The second-order valence-electron chi connectivity index (χ2n) is 6.12. The Labute approximate surface area is 123 Å². The van der Waals surface area contributed by atoms with E-state index in [0.29, 0.717) is 13.1 Å². The normalized spacial score (nSPS) is 12.1. The summed E-state index contributed by atoms with van der Waals surface area (Å²) in [6, 6.07) is 9.81. The molecule has 3 rings (SSSR count). The predicted octanol–water partition coefficient (Wildman–Crippen LogP) is 2.36. The van der Waals surface area contributed by atoms with Crippen molar-refractivity contribution < 1.29 is 4.52 Å². The van der Waals surface area contributed by atoms with Crippen molar-refractivity contribution in [3.05, 3.63) is 41.8 Å². The van der Waals surface area contributed by atoms with Gasteiger partial charge in [0.25, 0.3) is 0 Å². The van der Waals surface area contributed by atoms with Crippen LogP contribution >= 0.6 is 0 Å². The molecule has 110 valence electrons. The van der Waals surface area contributed by atoms with Gasteiger partial charge >= 0.3 is 0 Å². The molecule has 2 heterocycles. The van der Waals surface area contributed by atoms with Crippen LogP contribution in [0.1, 0.15) is 32.2 Å². The van der Waals surface area contributed by atoms with Gasteiger partial charge in [-0.05, 0) is 32.9 Å². The van der Waals surface area contributed by atoms with Gasteiger partial charge in [-0.3, -0.25) is 0 Å². The first-order valence-electron chi connectivity index (χ1n) is 6.99. The molecule has 0 aliphatic rings. The zero-order chi connectivity index (χ0) is 14.9. The van der Waals surface area contributed by atoms with Gasteiger partial charge in [-0.2, -0.15) is 0 Å². The van der Waals surface area contributed by atoms with Gasteiger partial charge in [-0.15, -0.1) is 5.10 Å². The van der Waals surface area contributed by atoms with Crippen molar-refractivity contribution in [1.29, 1.82) is 0 Å². The van der Waals surface area contributed by atoms with Crippen LogP contribution in [-0.4, -0.2) is 25.7 Å². The lowest BCUT2D eigenvalue weighted by Crippen LogP contribution is -2.35. The highest BCUT2D eigenvalue weighted by Crippen LogP contribution is 2.13. The average molecular weight is 285 g/mol. The molecule has 21 heavy (non-hydrogen) atoms. The molecule has 0 aliphatic carbocycles. The summed E-state index contributed by atoms with van der Waals surface area (Å²) in [5.74, 6) is 0.774. The number of hydrogen-bond acceptors (Lipinski definition) is 5. The van der Waals surface area contributed by atoms with Gasteiger partial charge in [-0.1, -0.05) is 22.5 Å². The number of benzene rings is 1. The number of aromatic nitrogens is 4. The quantitative estimate of drug-likeness (QED) is 0.797. The molecule has 3 aromatic rings. The monoisotopic (exact) mass is 285 g/mol. The molecule has 0 saturated carbocycles. The Bertz CT molecular complexity index is 738. The number of para-hydroxylation sites is 1. The summed E-state index contributed by atoms with van der Waals surface area (Å²) in [5, 5.41) is 15.7. The minimum atomic E-state index is 0.0568. The van der Waals surface area contributed by atoms with Gasteiger partial charge in [0, 0.05) is 18.2 Å². The Morgan fingerprint density at radius 2 is 2.05 bits per heavy atom. The Balaban J connectivity index is 1.72. The molecular formula is C15H19N5O. The van der Waals surface area contributed by atoms with Crippen LogP contribution in [0, 0.1) is 0 Å². The molecule has 0 saturated heterocycles. The SMILES string of the molecule is CC(C)(C)NCc1cc(Cn2nnc3ccccc32)on1. The van der Waals surface area contributed by atoms with Crippen molar-refractivity contribution in [1.82, 2.24) is 25.5 Å². The van der Waals surface area contributed by atoms with E-state index in [4.69, 9.17) is 4.52 Å². The van der Waals surface area contributed by atoms with Crippen molar-refractivity contribution in [3.63, 3.8) is 0 Å². The highest BCUT2D eigenvalue weighted by atomic mass is 16.5. The zero-order valence-corrected chi connectivity index (χ0v) is 12.5. The van der Waals surface area contributed by atoms with Crippen molar-refractivity contribution in [3.8, 4) is 0 Å². The van der Waals surface area contributed by atoms with E-state index in [2.05, 4.69) is 41.6 Å². The summed E-state index contributed by atoms with van der Waals surface area (Å²) in [6.07, 6.45) is 0. The van der Waals surface area contributed by atoms with Gasteiger partial charge in [0.1, 0.15) is 12.1 Å². The first kappa shape index (κ1) is 13.8. The van der Waals surface area contributed by atoms with Crippen molar-refractivity contribution in [2.45, 2.75) is 39.4 Å². The fourth-order valence-electron chi connectivity index (χ4n) is 2.05. The number of hydrogen-bond donors (Lipinski definition) is 1. The molecule has 6 heteroatoms. The molecule has 2 aromatic heterocycles. The van der Waals surface area contributed by atoms with E-state index < -0.39 is 0 Å². The summed E-state index contributed by atoms with van der Waals surface area (Å²) in [7, 11) is 0. The minimum absolute atomic E-state index is 0.0568. The molecular weight excluding hydrogens is 266 g/mol. The fourth-order valence-corrected chi connectivity index (χ4v) is 2.05. The lowest BCUT2D eigenvalue weighted by molar-refractivity contribution is 0.357. The predicted molar refractivity (Wildman–Crippen MR) is 79.7 cm³/mol. The van der Waals surface area contributed by atoms with Gasteiger partial charge in [0.05, 0.1) is 11.2 Å². The molecule has 6 nitrogen and oxygen atoms in total. The third-order valence-corrected chi connectivity index (χ3v) is 3.13. The standard InChI is InChI=1S/C15H19N5O/c1-15(2,3)16-9-11-8-12(21-18-11)10-20-14-7-5-4-6-13(14)17-19-20/h4-8,16H,9-10H2,1-3H3. The van der Waals surface area contributed by atoms with Crippen LogP contribution in [0.4, 0.5) is 0 Å². The molecule has 0 bridgehead atoms. The molecule has 0 fully saturated rings. The third kappa shape index (κ3) is 3.28. The highest BCUT2D eigenvalue weighted by molar-refractivity contribution is 5.73. The third-order valence-electron chi connectivity index (χ3n) is 3.13. The number of nitrogens with one attached hydrogen (secondary N) is 1. The van der Waals surface area contributed by atoms with E-state index in [1.807, 2.05) is 35.0 Å². The van der Waals surface area contributed by atoms with Crippen LogP contribution in [-0.2, 0) is 13.1 Å². The summed E-state index contributed by atoms with van der Waals surface area (Å²) in [5.41, 5.74) is 2.82. The first-order valence-corrected chi connectivity index (χ1v) is 6.99. The molecule has 0 radical (unpaired) electrons. The number of rotatable bonds is 4. The lowest BCUT2D eigenvalue weighted by atomic mass is 10.1. The van der Waals surface area contributed by atoms with Crippen LogP contribution in [0.15, 0.2) is 34.9 Å². The largest absolute Gasteiger partial charge is 0.359 e. The average Bonchev–Trinajstić information content (AvgIpc) is 3.04. The van der Waals surface area contributed by atoms with Crippen molar-refractivity contribution in [2.24, 2.45) is 0 Å². The summed E-state index contributed by atoms with van der Waals surface area (Å²) >= 11 is 0. The van der Waals surface area contributed by atoms with Crippen LogP contribution in [0.3, 0.4) is 0 Å². The van der Waals surface area contributed by atoms with E-state index in [9.17, 15) is 0 Å². The van der Waals surface area contributed by atoms with E-state index >= 15 is 0 Å². The Kier molecular flexibility index (Phi) is 3.47. The molecule has 0 spiro atoms. The van der Waals surface area contributed by atoms with Gasteiger partial charge in [0.15, 0.2) is 5.76 Å². The second kappa shape index (κ2) is 5.29. The maximum Gasteiger partial charge on any atom is 0.158 e. The lowest BCUT2D eigenvalue weighted by Gasteiger charge is -2.19. The summed E-state index contributed by atoms with van der Waals surface area (Å²) in [6.45, 7) is 7.58. The topological polar surface area (TPSA) is 68.8 Å². The van der Waals surface area contributed by atoms with Crippen LogP contribution < -0.4 is 5.32 Å². The summed E-state index contributed by atoms with van der Waals surface area (Å²) < 4.78 is 7.19.